The second-order valence-electron chi connectivity index (χ2n) is 7.45. The maximum atomic E-state index is 13.6. The number of aromatic nitrogens is 2. The third kappa shape index (κ3) is 5.08. The summed E-state index contributed by atoms with van der Waals surface area (Å²) in [5.74, 6) is -0.155. The summed E-state index contributed by atoms with van der Waals surface area (Å²) in [4.78, 5) is 26.3. The van der Waals surface area contributed by atoms with Crippen molar-refractivity contribution >= 4 is 77.8 Å². The van der Waals surface area contributed by atoms with E-state index < -0.39 is 4.92 Å². The van der Waals surface area contributed by atoms with Gasteiger partial charge in [0.05, 0.1) is 9.83 Å². The van der Waals surface area contributed by atoms with Gasteiger partial charge in [-0.25, -0.2) is 0 Å². The quantitative estimate of drug-likeness (QED) is 0.129. The highest BCUT2D eigenvalue weighted by molar-refractivity contribution is 9.10. The molecule has 0 spiro atoms. The van der Waals surface area contributed by atoms with E-state index in [0.717, 1.165) is 20.1 Å². The molecule has 1 aliphatic rings. The fourth-order valence-electron chi connectivity index (χ4n) is 3.44. The Balaban J connectivity index is 1.51. The molecule has 35 heavy (non-hydrogen) atoms. The molecule has 0 aliphatic carbocycles. The average molecular weight is 630 g/mol. The van der Waals surface area contributed by atoms with E-state index in [-0.39, 0.29) is 17.0 Å². The lowest BCUT2D eigenvalue weighted by Crippen LogP contribution is -2.27. The van der Waals surface area contributed by atoms with Crippen molar-refractivity contribution in [3.63, 3.8) is 0 Å². The first-order chi connectivity index (χ1) is 16.9. The van der Waals surface area contributed by atoms with Crippen LogP contribution in [-0.4, -0.2) is 21.0 Å². The molecule has 1 saturated heterocycles. The molecule has 4 aromatic rings. The molecular weight excluding hydrogens is 616 g/mol. The number of carbonyl (C=O) groups excluding carboxylic acids is 1. The van der Waals surface area contributed by atoms with Crippen LogP contribution < -0.4 is 4.90 Å². The highest BCUT2D eigenvalue weighted by atomic mass is 79.9. The second kappa shape index (κ2) is 10.0. The Morgan fingerprint density at radius 2 is 1.54 bits per heavy atom. The lowest BCUT2D eigenvalue weighted by atomic mass is 10.2. The van der Waals surface area contributed by atoms with Crippen LogP contribution in [-0.2, 0) is 4.79 Å². The summed E-state index contributed by atoms with van der Waals surface area (Å²) >= 11 is 9.64. The molecule has 7 nitrogen and oxygen atoms in total. The topological polar surface area (TPSA) is 89.2 Å². The van der Waals surface area contributed by atoms with Gasteiger partial charge in [-0.3, -0.25) is 19.8 Å². The van der Waals surface area contributed by atoms with Crippen LogP contribution in [0, 0.1) is 10.1 Å². The van der Waals surface area contributed by atoms with Crippen molar-refractivity contribution in [2.24, 2.45) is 0 Å². The zero-order chi connectivity index (χ0) is 24.5. The predicted molar refractivity (Wildman–Crippen MR) is 146 cm³/mol. The molecule has 1 aliphatic heterocycles. The molecule has 1 fully saturated rings. The number of non-ortho nitro benzene ring substituents is 1. The minimum atomic E-state index is -0.447. The number of thioether (sulfide) groups is 1. The highest BCUT2D eigenvalue weighted by Gasteiger charge is 2.40. The fraction of sp³-hybridized carbons (Fsp3) is 0.0417. The van der Waals surface area contributed by atoms with Gasteiger partial charge in [0.1, 0.15) is 10.4 Å². The van der Waals surface area contributed by atoms with Gasteiger partial charge in [-0.15, -0.1) is 10.2 Å². The van der Waals surface area contributed by atoms with Crippen LogP contribution >= 0.6 is 55.0 Å². The number of hydrogen-bond acceptors (Lipinski definition) is 7. The molecule has 1 unspecified atom stereocenters. The Morgan fingerprint density at radius 3 is 2.17 bits per heavy atom. The van der Waals surface area contributed by atoms with Crippen LogP contribution in [0.15, 0.2) is 86.6 Å². The van der Waals surface area contributed by atoms with Gasteiger partial charge < -0.3 is 0 Å². The Labute approximate surface area is 225 Å². The molecule has 0 bridgehead atoms. The second-order valence-corrected chi connectivity index (χ2v) is 11.4. The standard InChI is InChI=1S/C24H14Br2N4O3S2/c25-17-7-1-14(2-8-17)13-20-22(31)29(23(34-20)16-3-9-18(26)10-4-16)24-28-27-21(35-24)15-5-11-19(12-6-15)30(32)33/h1-13,23H/b20-13-. The Kier molecular flexibility index (Phi) is 6.83. The summed E-state index contributed by atoms with van der Waals surface area (Å²) in [5.41, 5.74) is 2.58. The number of benzene rings is 3. The predicted octanol–water partition coefficient (Wildman–Crippen LogP) is 7.46. The van der Waals surface area contributed by atoms with E-state index in [4.69, 9.17) is 0 Å². The third-order valence-electron chi connectivity index (χ3n) is 5.17. The maximum absolute atomic E-state index is 13.6. The number of nitrogens with zero attached hydrogens (tertiary/aromatic N) is 4. The van der Waals surface area contributed by atoms with E-state index in [0.29, 0.717) is 20.6 Å². The van der Waals surface area contributed by atoms with Crippen LogP contribution in [0.1, 0.15) is 16.5 Å². The number of rotatable bonds is 5. The lowest BCUT2D eigenvalue weighted by molar-refractivity contribution is -0.384. The molecule has 11 heteroatoms. The molecule has 174 valence electrons. The molecule has 3 aromatic carbocycles. The summed E-state index contributed by atoms with van der Waals surface area (Å²) < 4.78 is 1.91. The molecule has 1 aromatic heterocycles. The van der Waals surface area contributed by atoms with Crippen LogP contribution in [0.25, 0.3) is 16.6 Å². The van der Waals surface area contributed by atoms with Gasteiger partial charge in [0.25, 0.3) is 11.6 Å². The lowest BCUT2D eigenvalue weighted by Gasteiger charge is -2.20. The van der Waals surface area contributed by atoms with Crippen LogP contribution in [0.4, 0.5) is 10.8 Å². The number of carbonyl (C=O) groups is 1. The van der Waals surface area contributed by atoms with E-state index in [9.17, 15) is 14.9 Å². The fourth-order valence-corrected chi connectivity index (χ4v) is 6.15. The van der Waals surface area contributed by atoms with E-state index in [1.165, 1.54) is 35.2 Å². The van der Waals surface area contributed by atoms with Gasteiger partial charge in [0.2, 0.25) is 5.13 Å². The smallest absolute Gasteiger partial charge is 0.268 e. The van der Waals surface area contributed by atoms with Crippen molar-refractivity contribution in [1.29, 1.82) is 0 Å². The van der Waals surface area contributed by atoms with E-state index in [1.54, 1.807) is 17.0 Å². The van der Waals surface area contributed by atoms with Crippen molar-refractivity contribution in [2.75, 3.05) is 4.90 Å². The van der Waals surface area contributed by atoms with Crippen LogP contribution in [0.5, 0.6) is 0 Å². The summed E-state index contributed by atoms with van der Waals surface area (Å²) in [6.07, 6.45) is 1.88. The Bertz CT molecular complexity index is 1440. The highest BCUT2D eigenvalue weighted by Crippen LogP contribution is 2.49. The first-order valence-corrected chi connectivity index (χ1v) is 13.5. The number of hydrogen-bond donors (Lipinski definition) is 0. The molecule has 0 saturated carbocycles. The van der Waals surface area contributed by atoms with Crippen molar-refractivity contribution in [3.05, 3.63) is 108 Å². The molecule has 0 radical (unpaired) electrons. The molecule has 5 rings (SSSR count). The van der Waals surface area contributed by atoms with Crippen LogP contribution in [0.2, 0.25) is 0 Å². The Morgan fingerprint density at radius 1 is 0.914 bits per heavy atom. The number of amides is 1. The van der Waals surface area contributed by atoms with Gasteiger partial charge in [-0.05, 0) is 53.6 Å². The first-order valence-electron chi connectivity index (χ1n) is 10.2. The summed E-state index contributed by atoms with van der Waals surface area (Å²) in [6, 6.07) is 21.7. The van der Waals surface area contributed by atoms with Crippen molar-refractivity contribution in [3.8, 4) is 10.6 Å². The number of halogens is 2. The van der Waals surface area contributed by atoms with E-state index >= 15 is 0 Å². The average Bonchev–Trinajstić information content (AvgIpc) is 3.46. The largest absolute Gasteiger partial charge is 0.269 e. The van der Waals surface area contributed by atoms with E-state index in [2.05, 4.69) is 42.1 Å². The normalized spacial score (nSPS) is 16.7. The molecule has 1 amide bonds. The first kappa shape index (κ1) is 23.9. The van der Waals surface area contributed by atoms with Crippen molar-refractivity contribution in [2.45, 2.75) is 5.37 Å². The molecule has 1 atom stereocenters. The van der Waals surface area contributed by atoms with Gasteiger partial charge in [-0.2, -0.15) is 0 Å². The number of nitro benzene ring substituents is 1. The Hall–Kier alpha value is -2.86. The summed E-state index contributed by atoms with van der Waals surface area (Å²) in [6.45, 7) is 0. The SMILES string of the molecule is O=C1/C(=C/c2ccc(Br)cc2)SC(c2ccc(Br)cc2)N1c1nnc(-c2ccc([N+](=O)[O-])cc2)s1. The molecule has 2 heterocycles. The molecular formula is C24H14Br2N4O3S2. The minimum Gasteiger partial charge on any atom is -0.268 e. The molecule has 0 N–H and O–H groups in total. The monoisotopic (exact) mass is 628 g/mol. The summed E-state index contributed by atoms with van der Waals surface area (Å²) in [5, 5.41) is 20.3. The van der Waals surface area contributed by atoms with Gasteiger partial charge in [0.15, 0.2) is 0 Å². The van der Waals surface area contributed by atoms with Crippen LogP contribution in [0.3, 0.4) is 0 Å². The zero-order valence-corrected chi connectivity index (χ0v) is 22.5. The summed E-state index contributed by atoms with van der Waals surface area (Å²) in [7, 11) is 0. The minimum absolute atomic E-state index is 0.00244. The van der Waals surface area contributed by atoms with Crippen molar-refractivity contribution in [1.82, 2.24) is 10.2 Å². The van der Waals surface area contributed by atoms with Gasteiger partial charge >= 0.3 is 0 Å². The third-order valence-corrected chi connectivity index (χ3v) is 8.45. The zero-order valence-electron chi connectivity index (χ0n) is 17.7. The number of nitro groups is 1. The number of anilines is 1. The van der Waals surface area contributed by atoms with E-state index in [1.807, 2.05) is 54.6 Å². The maximum Gasteiger partial charge on any atom is 0.269 e. The van der Waals surface area contributed by atoms with Crippen molar-refractivity contribution < 1.29 is 9.72 Å². The van der Waals surface area contributed by atoms with Gasteiger partial charge in [-0.1, -0.05) is 79.2 Å². The van der Waals surface area contributed by atoms with Gasteiger partial charge in [0, 0.05) is 26.6 Å².